The van der Waals surface area contributed by atoms with Crippen molar-refractivity contribution >= 4 is 5.69 Å². The van der Waals surface area contributed by atoms with Gasteiger partial charge in [0.1, 0.15) is 0 Å². The highest BCUT2D eigenvalue weighted by Gasteiger charge is 2.22. The summed E-state index contributed by atoms with van der Waals surface area (Å²) in [7, 11) is 0. The summed E-state index contributed by atoms with van der Waals surface area (Å²) in [6, 6.07) is 2.01. The van der Waals surface area contributed by atoms with E-state index in [4.69, 9.17) is 0 Å². The summed E-state index contributed by atoms with van der Waals surface area (Å²) in [4.78, 5) is 6.45. The predicted molar refractivity (Wildman–Crippen MR) is 72.2 cm³/mol. The Morgan fingerprint density at radius 2 is 2.12 bits per heavy atom. The molecule has 0 amide bonds. The number of anilines is 1. The third kappa shape index (κ3) is 3.30. The van der Waals surface area contributed by atoms with Gasteiger partial charge in [0.15, 0.2) is 0 Å². The van der Waals surface area contributed by atoms with Gasteiger partial charge in [0.25, 0.3) is 0 Å². The topological polar surface area (TPSA) is 36.4 Å². The molecule has 0 aliphatic rings. The zero-order chi connectivity index (χ0) is 13.1. The molecule has 0 unspecified atom stereocenters. The van der Waals surface area contributed by atoms with E-state index in [1.165, 1.54) is 0 Å². The van der Waals surface area contributed by atoms with E-state index < -0.39 is 0 Å². The van der Waals surface area contributed by atoms with Crippen LogP contribution in [0, 0.1) is 6.92 Å². The number of aliphatic hydroxyl groups excluding tert-OH is 1. The first-order valence-electron chi connectivity index (χ1n) is 5.85. The lowest BCUT2D eigenvalue weighted by molar-refractivity contribution is 0.281. The minimum absolute atomic E-state index is 0.00629. The molecule has 1 N–H and O–H groups in total. The Balaban J connectivity index is 3.25. The van der Waals surface area contributed by atoms with Crippen LogP contribution in [0.15, 0.2) is 24.9 Å². The molecule has 0 fully saturated rings. The van der Waals surface area contributed by atoms with Crippen molar-refractivity contribution < 1.29 is 5.11 Å². The maximum Gasteiger partial charge on any atom is 0.0717 e. The zero-order valence-electron chi connectivity index (χ0n) is 11.2. The summed E-state index contributed by atoms with van der Waals surface area (Å²) in [6.45, 7) is 13.0. The predicted octanol–water partition coefficient (Wildman–Crippen LogP) is 2.67. The van der Waals surface area contributed by atoms with Gasteiger partial charge in [-0.3, -0.25) is 4.98 Å². The van der Waals surface area contributed by atoms with Crippen LogP contribution in [0.5, 0.6) is 0 Å². The summed E-state index contributed by atoms with van der Waals surface area (Å²) in [5.74, 6) is 0. The molecule has 0 aromatic carbocycles. The number of aromatic nitrogens is 1. The summed E-state index contributed by atoms with van der Waals surface area (Å²) in [6.07, 6.45) is 3.62. The lowest BCUT2D eigenvalue weighted by Crippen LogP contribution is -2.42. The number of rotatable bonds is 4. The van der Waals surface area contributed by atoms with Crippen molar-refractivity contribution in [3.63, 3.8) is 0 Å². The molecule has 0 radical (unpaired) electrons. The first-order chi connectivity index (χ1) is 7.90. The van der Waals surface area contributed by atoms with Gasteiger partial charge in [-0.1, -0.05) is 6.08 Å². The van der Waals surface area contributed by atoms with Crippen molar-refractivity contribution in [2.75, 3.05) is 11.4 Å². The van der Waals surface area contributed by atoms with Gasteiger partial charge >= 0.3 is 0 Å². The highest BCUT2D eigenvalue weighted by Crippen LogP contribution is 2.27. The average molecular weight is 234 g/mol. The monoisotopic (exact) mass is 234 g/mol. The Morgan fingerprint density at radius 1 is 1.47 bits per heavy atom. The Kier molecular flexibility index (Phi) is 4.29. The van der Waals surface area contributed by atoms with Crippen LogP contribution in [0.1, 0.15) is 32.0 Å². The average Bonchev–Trinajstić information content (AvgIpc) is 2.24. The Bertz CT molecular complexity index is 394. The number of pyridine rings is 1. The molecule has 1 aromatic heterocycles. The molecule has 94 valence electrons. The lowest BCUT2D eigenvalue weighted by atomic mass is 10.0. The number of hydrogen-bond donors (Lipinski definition) is 1. The van der Waals surface area contributed by atoms with Crippen molar-refractivity contribution in [3.8, 4) is 0 Å². The molecule has 0 bridgehead atoms. The van der Waals surface area contributed by atoms with E-state index in [0.717, 1.165) is 23.5 Å². The van der Waals surface area contributed by atoms with E-state index in [9.17, 15) is 5.11 Å². The van der Waals surface area contributed by atoms with Crippen LogP contribution in [0.25, 0.3) is 0 Å². The van der Waals surface area contributed by atoms with Crippen molar-refractivity contribution in [2.24, 2.45) is 0 Å². The molecule has 0 aliphatic carbocycles. The quantitative estimate of drug-likeness (QED) is 0.814. The molecule has 1 aromatic rings. The van der Waals surface area contributed by atoms with Crippen LogP contribution < -0.4 is 4.90 Å². The largest absolute Gasteiger partial charge is 0.392 e. The van der Waals surface area contributed by atoms with Gasteiger partial charge in [-0.25, -0.2) is 0 Å². The Morgan fingerprint density at radius 3 is 2.59 bits per heavy atom. The Labute approximate surface area is 104 Å². The molecule has 17 heavy (non-hydrogen) atoms. The SMILES string of the molecule is C=CCN(c1cc(C)ncc1CO)C(C)(C)C. The van der Waals surface area contributed by atoms with Crippen molar-refractivity contribution in [3.05, 3.63) is 36.2 Å². The summed E-state index contributed by atoms with van der Waals surface area (Å²) in [5.41, 5.74) is 2.82. The molecular weight excluding hydrogens is 212 g/mol. The van der Waals surface area contributed by atoms with Gasteiger partial charge in [-0.2, -0.15) is 0 Å². The smallest absolute Gasteiger partial charge is 0.0717 e. The highest BCUT2D eigenvalue weighted by atomic mass is 16.3. The van der Waals surface area contributed by atoms with E-state index in [1.807, 2.05) is 19.1 Å². The van der Waals surface area contributed by atoms with E-state index in [2.05, 4.69) is 37.2 Å². The molecule has 1 heterocycles. The fourth-order valence-corrected chi connectivity index (χ4v) is 1.81. The standard InChI is InChI=1S/C14H22N2O/c1-6-7-16(14(3,4)5)13-8-11(2)15-9-12(13)10-17/h6,8-9,17H,1,7,10H2,2-5H3. The van der Waals surface area contributed by atoms with Crippen LogP contribution in [-0.4, -0.2) is 22.2 Å². The number of aliphatic hydroxyl groups is 1. The highest BCUT2D eigenvalue weighted by molar-refractivity contribution is 5.55. The molecule has 0 atom stereocenters. The molecular formula is C14H22N2O. The minimum Gasteiger partial charge on any atom is -0.392 e. The second-order valence-electron chi connectivity index (χ2n) is 5.18. The molecule has 0 aliphatic heterocycles. The zero-order valence-corrected chi connectivity index (χ0v) is 11.2. The van der Waals surface area contributed by atoms with E-state index in [0.29, 0.717) is 0 Å². The van der Waals surface area contributed by atoms with Gasteiger partial charge in [0.05, 0.1) is 6.61 Å². The number of aryl methyl sites for hydroxylation is 1. The maximum absolute atomic E-state index is 9.40. The fraction of sp³-hybridized carbons (Fsp3) is 0.500. The third-order valence-electron chi connectivity index (χ3n) is 2.68. The van der Waals surface area contributed by atoms with Crippen LogP contribution in [0.2, 0.25) is 0 Å². The number of hydrogen-bond acceptors (Lipinski definition) is 3. The minimum atomic E-state index is -0.0219. The number of nitrogens with zero attached hydrogens (tertiary/aromatic N) is 2. The van der Waals surface area contributed by atoms with Gasteiger partial charge < -0.3 is 10.0 Å². The second kappa shape index (κ2) is 5.32. The lowest BCUT2D eigenvalue weighted by Gasteiger charge is -2.38. The molecule has 3 heteroatoms. The second-order valence-corrected chi connectivity index (χ2v) is 5.18. The molecule has 0 saturated heterocycles. The first kappa shape index (κ1) is 13.7. The molecule has 1 rings (SSSR count). The first-order valence-corrected chi connectivity index (χ1v) is 5.85. The van der Waals surface area contributed by atoms with Crippen molar-refractivity contribution in [2.45, 2.75) is 39.8 Å². The normalized spacial score (nSPS) is 11.4. The molecule has 0 saturated carbocycles. The van der Waals surface area contributed by atoms with Gasteiger partial charge in [-0.15, -0.1) is 6.58 Å². The van der Waals surface area contributed by atoms with E-state index in [-0.39, 0.29) is 12.1 Å². The van der Waals surface area contributed by atoms with Crippen LogP contribution in [-0.2, 0) is 6.61 Å². The summed E-state index contributed by atoms with van der Waals surface area (Å²) in [5, 5.41) is 9.40. The van der Waals surface area contributed by atoms with Crippen LogP contribution in [0.4, 0.5) is 5.69 Å². The molecule has 3 nitrogen and oxygen atoms in total. The van der Waals surface area contributed by atoms with Crippen molar-refractivity contribution in [1.82, 2.24) is 4.98 Å². The van der Waals surface area contributed by atoms with E-state index in [1.54, 1.807) is 6.20 Å². The van der Waals surface area contributed by atoms with Crippen molar-refractivity contribution in [1.29, 1.82) is 0 Å². The van der Waals surface area contributed by atoms with Gasteiger partial charge in [0.2, 0.25) is 0 Å². The molecule has 0 spiro atoms. The Hall–Kier alpha value is -1.35. The van der Waals surface area contributed by atoms with E-state index >= 15 is 0 Å². The van der Waals surface area contributed by atoms with Gasteiger partial charge in [0, 0.05) is 35.2 Å². The summed E-state index contributed by atoms with van der Waals surface area (Å²) < 4.78 is 0. The van der Waals surface area contributed by atoms with Crippen LogP contribution >= 0.6 is 0 Å². The fourth-order valence-electron chi connectivity index (χ4n) is 1.81. The van der Waals surface area contributed by atoms with Gasteiger partial charge in [-0.05, 0) is 33.8 Å². The maximum atomic E-state index is 9.40. The third-order valence-corrected chi connectivity index (χ3v) is 2.68. The summed E-state index contributed by atoms with van der Waals surface area (Å²) >= 11 is 0. The van der Waals surface area contributed by atoms with Crippen LogP contribution in [0.3, 0.4) is 0 Å².